The average Bonchev–Trinajstić information content (AvgIpc) is 2.74. The van der Waals surface area contributed by atoms with Gasteiger partial charge < -0.3 is 10.6 Å². The Morgan fingerprint density at radius 3 is 2.38 bits per heavy atom. The van der Waals surface area contributed by atoms with Crippen LogP contribution in [0.1, 0.15) is 21.5 Å². The third-order valence-electron chi connectivity index (χ3n) is 4.27. The zero-order valence-corrected chi connectivity index (χ0v) is 16.2. The van der Waals surface area contributed by atoms with Crippen molar-refractivity contribution >= 4 is 29.1 Å². The fraction of sp³-hybridized carbons (Fsp3) is 0.0870. The maximum absolute atomic E-state index is 12.9. The Kier molecular flexibility index (Phi) is 6.62. The fourth-order valence-corrected chi connectivity index (χ4v) is 2.92. The Hall–Kier alpha value is -3.62. The minimum Gasteiger partial charge on any atom is -0.340 e. The number of benzene rings is 3. The Labute approximate surface area is 173 Å². The van der Waals surface area contributed by atoms with Crippen molar-refractivity contribution in [2.45, 2.75) is 12.5 Å². The van der Waals surface area contributed by atoms with Gasteiger partial charge >= 0.3 is 0 Å². The van der Waals surface area contributed by atoms with Crippen LogP contribution in [0.25, 0.3) is 0 Å². The summed E-state index contributed by atoms with van der Waals surface area (Å²) < 4.78 is 0. The molecule has 0 aliphatic heterocycles. The maximum Gasteiger partial charge on any atom is 0.251 e. The number of anilines is 1. The van der Waals surface area contributed by atoms with Crippen LogP contribution in [-0.2, 0) is 11.2 Å². The first-order valence-electron chi connectivity index (χ1n) is 8.96. The van der Waals surface area contributed by atoms with Crippen molar-refractivity contribution in [2.24, 2.45) is 0 Å². The topological polar surface area (TPSA) is 82.0 Å². The average molecular weight is 404 g/mol. The van der Waals surface area contributed by atoms with Crippen molar-refractivity contribution in [2.75, 3.05) is 5.32 Å². The van der Waals surface area contributed by atoms with Gasteiger partial charge in [0.15, 0.2) is 0 Å². The number of halogens is 1. The van der Waals surface area contributed by atoms with Gasteiger partial charge in [0, 0.05) is 22.7 Å². The number of hydrogen-bond acceptors (Lipinski definition) is 3. The van der Waals surface area contributed by atoms with E-state index in [2.05, 4.69) is 10.6 Å². The molecule has 0 spiro atoms. The van der Waals surface area contributed by atoms with E-state index in [9.17, 15) is 9.59 Å². The number of hydrogen-bond donors (Lipinski definition) is 2. The van der Waals surface area contributed by atoms with Crippen LogP contribution < -0.4 is 10.6 Å². The van der Waals surface area contributed by atoms with Crippen molar-refractivity contribution in [3.63, 3.8) is 0 Å². The molecule has 0 fully saturated rings. The summed E-state index contributed by atoms with van der Waals surface area (Å²) in [4.78, 5) is 25.5. The molecule has 0 aromatic heterocycles. The molecule has 2 amide bonds. The Morgan fingerprint density at radius 1 is 0.966 bits per heavy atom. The molecule has 0 unspecified atom stereocenters. The Morgan fingerprint density at radius 2 is 1.69 bits per heavy atom. The number of nitrogens with zero attached hydrogens (tertiary/aromatic N) is 1. The molecule has 0 aliphatic rings. The second kappa shape index (κ2) is 9.54. The van der Waals surface area contributed by atoms with Gasteiger partial charge in [-0.1, -0.05) is 48.0 Å². The van der Waals surface area contributed by atoms with Crippen LogP contribution in [-0.4, -0.2) is 17.9 Å². The summed E-state index contributed by atoms with van der Waals surface area (Å²) >= 11 is 5.88. The van der Waals surface area contributed by atoms with Gasteiger partial charge in [0.05, 0.1) is 11.6 Å². The summed E-state index contributed by atoms with van der Waals surface area (Å²) in [6.07, 6.45) is 0.323. The highest BCUT2D eigenvalue weighted by Gasteiger charge is 2.22. The van der Waals surface area contributed by atoms with Crippen LogP contribution in [0.3, 0.4) is 0 Å². The minimum absolute atomic E-state index is 0.323. The van der Waals surface area contributed by atoms with Crippen LogP contribution in [0.5, 0.6) is 0 Å². The lowest BCUT2D eigenvalue weighted by atomic mass is 10.0. The molecule has 1 atom stereocenters. The molecule has 0 aliphatic carbocycles. The van der Waals surface area contributed by atoms with Crippen molar-refractivity contribution in [3.8, 4) is 6.07 Å². The molecule has 0 radical (unpaired) electrons. The molecule has 29 heavy (non-hydrogen) atoms. The van der Waals surface area contributed by atoms with E-state index in [4.69, 9.17) is 16.9 Å². The SMILES string of the molecule is N#Cc1cccc(NC(=O)[C@@H](Cc2ccccc2)NC(=O)c2ccc(Cl)cc2)c1. The van der Waals surface area contributed by atoms with E-state index in [1.165, 1.54) is 0 Å². The molecule has 6 heteroatoms. The van der Waals surface area contributed by atoms with E-state index in [0.717, 1.165) is 5.56 Å². The van der Waals surface area contributed by atoms with Crippen LogP contribution >= 0.6 is 11.6 Å². The van der Waals surface area contributed by atoms with Gasteiger partial charge in [0.1, 0.15) is 6.04 Å². The maximum atomic E-state index is 12.9. The molecule has 3 rings (SSSR count). The summed E-state index contributed by atoms with van der Waals surface area (Å²) in [7, 11) is 0. The zero-order chi connectivity index (χ0) is 20.6. The molecule has 0 heterocycles. The largest absolute Gasteiger partial charge is 0.340 e. The molecular formula is C23H18ClN3O2. The molecule has 144 valence electrons. The zero-order valence-electron chi connectivity index (χ0n) is 15.4. The second-order valence-electron chi connectivity index (χ2n) is 6.40. The van der Waals surface area contributed by atoms with Gasteiger partial charge in [-0.2, -0.15) is 5.26 Å². The van der Waals surface area contributed by atoms with Crippen LogP contribution in [0, 0.1) is 11.3 Å². The van der Waals surface area contributed by atoms with Gasteiger partial charge in [-0.05, 0) is 48.0 Å². The fourth-order valence-electron chi connectivity index (χ4n) is 2.80. The van der Waals surface area contributed by atoms with E-state index in [1.54, 1.807) is 48.5 Å². The molecule has 0 saturated carbocycles. The molecule has 3 aromatic rings. The molecule has 0 bridgehead atoms. The lowest BCUT2D eigenvalue weighted by Gasteiger charge is -2.19. The van der Waals surface area contributed by atoms with Crippen molar-refractivity contribution in [1.82, 2.24) is 5.32 Å². The van der Waals surface area contributed by atoms with Crippen molar-refractivity contribution in [3.05, 3.63) is 101 Å². The van der Waals surface area contributed by atoms with Crippen LogP contribution in [0.2, 0.25) is 5.02 Å². The molecule has 5 nitrogen and oxygen atoms in total. The van der Waals surface area contributed by atoms with Gasteiger partial charge in [-0.3, -0.25) is 9.59 Å². The van der Waals surface area contributed by atoms with E-state index < -0.39 is 6.04 Å². The first-order valence-corrected chi connectivity index (χ1v) is 9.34. The molecule has 2 N–H and O–H groups in total. The summed E-state index contributed by atoms with van der Waals surface area (Å²) in [6.45, 7) is 0. The van der Waals surface area contributed by atoms with Gasteiger partial charge in [-0.25, -0.2) is 0 Å². The first-order chi connectivity index (χ1) is 14.0. The normalized spacial score (nSPS) is 11.2. The Bertz CT molecular complexity index is 1040. The van der Waals surface area contributed by atoms with E-state index in [0.29, 0.717) is 28.3 Å². The number of nitriles is 1. The van der Waals surface area contributed by atoms with Gasteiger partial charge in [0.25, 0.3) is 5.91 Å². The second-order valence-corrected chi connectivity index (χ2v) is 6.84. The van der Waals surface area contributed by atoms with E-state index in [-0.39, 0.29) is 11.8 Å². The number of amides is 2. The summed E-state index contributed by atoms with van der Waals surface area (Å²) in [5.41, 5.74) is 2.25. The Balaban J connectivity index is 1.79. The predicted molar refractivity (Wildman–Crippen MR) is 113 cm³/mol. The number of carbonyl (C=O) groups excluding carboxylic acids is 2. The van der Waals surface area contributed by atoms with E-state index in [1.807, 2.05) is 36.4 Å². The number of nitrogens with one attached hydrogen (secondary N) is 2. The third-order valence-corrected chi connectivity index (χ3v) is 4.52. The number of rotatable bonds is 6. The summed E-state index contributed by atoms with van der Waals surface area (Å²) in [6, 6.07) is 23.7. The van der Waals surface area contributed by atoms with Crippen molar-refractivity contribution in [1.29, 1.82) is 5.26 Å². The predicted octanol–water partition coefficient (Wildman–Crippen LogP) is 4.19. The van der Waals surface area contributed by atoms with Crippen LogP contribution in [0.4, 0.5) is 5.69 Å². The highest BCUT2D eigenvalue weighted by molar-refractivity contribution is 6.30. The standard InChI is InChI=1S/C23H18ClN3O2/c24-19-11-9-18(10-12-19)22(28)27-21(14-16-5-2-1-3-6-16)23(29)26-20-8-4-7-17(13-20)15-25/h1-13,21H,14H2,(H,26,29)(H,27,28)/t21-/m1/s1. The lowest BCUT2D eigenvalue weighted by Crippen LogP contribution is -2.45. The van der Waals surface area contributed by atoms with Crippen molar-refractivity contribution < 1.29 is 9.59 Å². The van der Waals surface area contributed by atoms with Gasteiger partial charge in [0.2, 0.25) is 5.91 Å². The molecule has 0 saturated heterocycles. The third kappa shape index (κ3) is 5.68. The van der Waals surface area contributed by atoms with Gasteiger partial charge in [-0.15, -0.1) is 0 Å². The number of carbonyl (C=O) groups is 2. The monoisotopic (exact) mass is 403 g/mol. The summed E-state index contributed by atoms with van der Waals surface area (Å²) in [5.74, 6) is -0.741. The first kappa shape index (κ1) is 20.1. The van der Waals surface area contributed by atoms with Crippen LogP contribution in [0.15, 0.2) is 78.9 Å². The lowest BCUT2D eigenvalue weighted by molar-refractivity contribution is -0.118. The summed E-state index contributed by atoms with van der Waals surface area (Å²) in [5, 5.41) is 15.1. The smallest absolute Gasteiger partial charge is 0.251 e. The highest BCUT2D eigenvalue weighted by Crippen LogP contribution is 2.13. The van der Waals surface area contributed by atoms with E-state index >= 15 is 0 Å². The molecular weight excluding hydrogens is 386 g/mol. The highest BCUT2D eigenvalue weighted by atomic mass is 35.5. The quantitative estimate of drug-likeness (QED) is 0.647. The molecule has 3 aromatic carbocycles. The minimum atomic E-state index is -0.800.